The van der Waals surface area contributed by atoms with E-state index in [9.17, 15) is 22.4 Å². The number of imidazole rings is 1. The summed E-state index contributed by atoms with van der Waals surface area (Å²) in [7, 11) is 0. The normalized spacial score (nSPS) is 21.5. The molecule has 36 heavy (non-hydrogen) atoms. The van der Waals surface area contributed by atoms with Gasteiger partial charge in [0.15, 0.2) is 17.4 Å². The Morgan fingerprint density at radius 3 is 2.78 bits per heavy atom. The van der Waals surface area contributed by atoms with Gasteiger partial charge in [-0.25, -0.2) is 19.3 Å². The number of fused-ring (bicyclic) bond motifs is 6. The molecule has 1 aromatic carbocycles. The predicted octanol–water partition coefficient (Wildman–Crippen LogP) is 4.31. The first kappa shape index (κ1) is 22.5. The molecule has 1 fully saturated rings. The molecule has 12 heteroatoms. The molecular weight excluding hydrogens is 480 g/mol. The summed E-state index contributed by atoms with van der Waals surface area (Å²) in [6.45, 7) is 4.01. The lowest BCUT2D eigenvalue weighted by molar-refractivity contribution is -0.140. The predicted molar refractivity (Wildman–Crippen MR) is 121 cm³/mol. The SMILES string of the molecule is Cc1ncn2c1c(N)nc1cnc(C(=O)N3C[C@H](C)C[C@@H]4Oc5c(ccc(C(F)(F)F)c5F)[C@@H]43)cc12. The molecular formula is C24H20F4N6O2. The average molecular weight is 500 g/mol. The number of piperidine rings is 1. The smallest absolute Gasteiger partial charge is 0.419 e. The van der Waals surface area contributed by atoms with Crippen LogP contribution < -0.4 is 10.5 Å². The number of aromatic nitrogens is 4. The fraction of sp³-hybridized carbons (Fsp3) is 0.333. The van der Waals surface area contributed by atoms with Gasteiger partial charge in [-0.2, -0.15) is 13.2 Å². The summed E-state index contributed by atoms with van der Waals surface area (Å²) in [6.07, 6.45) is -2.04. The van der Waals surface area contributed by atoms with Crippen LogP contribution in [-0.4, -0.2) is 42.8 Å². The number of nitrogen functional groups attached to an aromatic ring is 1. The summed E-state index contributed by atoms with van der Waals surface area (Å²) in [5, 5.41) is 0. The van der Waals surface area contributed by atoms with Crippen molar-refractivity contribution in [2.45, 2.75) is 38.6 Å². The number of anilines is 1. The fourth-order valence-electron chi connectivity index (χ4n) is 5.33. The second kappa shape index (κ2) is 7.52. The summed E-state index contributed by atoms with van der Waals surface area (Å²) < 4.78 is 62.0. The Kier molecular flexibility index (Phi) is 4.70. The van der Waals surface area contributed by atoms with Gasteiger partial charge in [-0.1, -0.05) is 13.0 Å². The van der Waals surface area contributed by atoms with Gasteiger partial charge in [0.1, 0.15) is 29.2 Å². The molecule has 6 rings (SSSR count). The highest BCUT2D eigenvalue weighted by Crippen LogP contribution is 2.49. The maximum Gasteiger partial charge on any atom is 0.419 e. The molecule has 3 atom stereocenters. The first-order valence-electron chi connectivity index (χ1n) is 11.3. The number of alkyl halides is 3. The molecule has 2 aliphatic heterocycles. The third-order valence-electron chi connectivity index (χ3n) is 6.89. The van der Waals surface area contributed by atoms with E-state index < -0.39 is 41.4 Å². The first-order valence-corrected chi connectivity index (χ1v) is 11.3. The lowest BCUT2D eigenvalue weighted by atomic mass is 9.88. The Bertz CT molecular complexity index is 1570. The van der Waals surface area contributed by atoms with Crippen LogP contribution in [0.15, 0.2) is 30.7 Å². The van der Waals surface area contributed by atoms with E-state index in [4.69, 9.17) is 10.5 Å². The molecule has 0 bridgehead atoms. The van der Waals surface area contributed by atoms with E-state index in [-0.39, 0.29) is 23.0 Å². The Morgan fingerprint density at radius 2 is 2.03 bits per heavy atom. The molecule has 5 heterocycles. The number of amides is 1. The minimum Gasteiger partial charge on any atom is -0.484 e. The number of carbonyl (C=O) groups excluding carboxylic acids is 1. The minimum atomic E-state index is -4.86. The number of nitrogens with zero attached hydrogens (tertiary/aromatic N) is 5. The molecule has 0 aliphatic carbocycles. The van der Waals surface area contributed by atoms with Crippen LogP contribution in [0.4, 0.5) is 23.4 Å². The maximum atomic E-state index is 14.8. The van der Waals surface area contributed by atoms with Gasteiger partial charge in [0, 0.05) is 12.1 Å². The van der Waals surface area contributed by atoms with Crippen molar-refractivity contribution in [3.05, 3.63) is 59.1 Å². The van der Waals surface area contributed by atoms with Crippen molar-refractivity contribution in [1.29, 1.82) is 0 Å². The first-order chi connectivity index (χ1) is 17.0. The topological polar surface area (TPSA) is 98.6 Å². The summed E-state index contributed by atoms with van der Waals surface area (Å²) in [6, 6.07) is 2.73. The second-order valence-corrected chi connectivity index (χ2v) is 9.35. The molecule has 8 nitrogen and oxygen atoms in total. The second-order valence-electron chi connectivity index (χ2n) is 9.35. The van der Waals surface area contributed by atoms with Crippen LogP contribution in [0, 0.1) is 18.7 Å². The Morgan fingerprint density at radius 1 is 1.25 bits per heavy atom. The summed E-state index contributed by atoms with van der Waals surface area (Å²) >= 11 is 0. The average Bonchev–Trinajstić information content (AvgIpc) is 3.39. The zero-order valence-electron chi connectivity index (χ0n) is 19.2. The van der Waals surface area contributed by atoms with Crippen LogP contribution in [0.2, 0.25) is 0 Å². The zero-order chi connectivity index (χ0) is 25.5. The van der Waals surface area contributed by atoms with E-state index in [2.05, 4.69) is 15.0 Å². The number of aryl methyl sites for hydroxylation is 1. The quantitative estimate of drug-likeness (QED) is 0.391. The fourth-order valence-corrected chi connectivity index (χ4v) is 5.33. The molecule has 3 aromatic heterocycles. The lowest BCUT2D eigenvalue weighted by Crippen LogP contribution is -2.47. The van der Waals surface area contributed by atoms with Gasteiger partial charge in [0.05, 0.1) is 29.0 Å². The summed E-state index contributed by atoms with van der Waals surface area (Å²) in [5.41, 5.74) is 7.33. The zero-order valence-corrected chi connectivity index (χ0v) is 19.2. The van der Waals surface area contributed by atoms with Gasteiger partial charge >= 0.3 is 6.18 Å². The number of likely N-dealkylation sites (tertiary alicyclic amines) is 1. The van der Waals surface area contributed by atoms with Crippen LogP contribution in [0.5, 0.6) is 5.75 Å². The van der Waals surface area contributed by atoms with Gasteiger partial charge in [0.25, 0.3) is 5.91 Å². The molecule has 2 aliphatic rings. The van der Waals surface area contributed by atoms with Crippen molar-refractivity contribution < 1.29 is 27.1 Å². The minimum absolute atomic E-state index is 0.0282. The molecule has 0 unspecified atom stereocenters. The Balaban J connectivity index is 1.44. The maximum absolute atomic E-state index is 14.8. The van der Waals surface area contributed by atoms with E-state index in [1.165, 1.54) is 17.2 Å². The van der Waals surface area contributed by atoms with Crippen LogP contribution in [0.3, 0.4) is 0 Å². The van der Waals surface area contributed by atoms with Crippen LogP contribution in [-0.2, 0) is 6.18 Å². The van der Waals surface area contributed by atoms with E-state index >= 15 is 0 Å². The Hall–Kier alpha value is -3.96. The van der Waals surface area contributed by atoms with Gasteiger partial charge in [0.2, 0.25) is 0 Å². The van der Waals surface area contributed by atoms with Crippen LogP contribution in [0.1, 0.15) is 46.7 Å². The molecule has 0 radical (unpaired) electrons. The summed E-state index contributed by atoms with van der Waals surface area (Å²) in [4.78, 5) is 28.2. The lowest BCUT2D eigenvalue weighted by Gasteiger charge is -2.39. The number of rotatable bonds is 1. The number of hydrogen-bond donors (Lipinski definition) is 1. The third-order valence-corrected chi connectivity index (χ3v) is 6.89. The van der Waals surface area contributed by atoms with E-state index in [1.807, 2.05) is 6.92 Å². The van der Waals surface area contributed by atoms with Crippen molar-refractivity contribution in [1.82, 2.24) is 24.3 Å². The molecule has 0 saturated carbocycles. The number of carbonyl (C=O) groups is 1. The van der Waals surface area contributed by atoms with Gasteiger partial charge in [-0.05, 0) is 31.4 Å². The van der Waals surface area contributed by atoms with Crippen molar-refractivity contribution in [2.75, 3.05) is 12.3 Å². The third kappa shape index (κ3) is 3.20. The van der Waals surface area contributed by atoms with Gasteiger partial charge < -0.3 is 15.4 Å². The van der Waals surface area contributed by atoms with E-state index in [0.717, 1.165) is 0 Å². The number of ether oxygens (including phenoxy) is 1. The van der Waals surface area contributed by atoms with Crippen molar-refractivity contribution in [3.8, 4) is 5.75 Å². The number of nitrogens with two attached hydrogens (primary N) is 1. The van der Waals surface area contributed by atoms with Gasteiger partial charge in [-0.3, -0.25) is 9.20 Å². The monoisotopic (exact) mass is 500 g/mol. The van der Waals surface area contributed by atoms with Crippen molar-refractivity contribution in [3.63, 3.8) is 0 Å². The van der Waals surface area contributed by atoms with E-state index in [1.54, 1.807) is 23.7 Å². The largest absolute Gasteiger partial charge is 0.484 e. The molecule has 1 amide bonds. The number of hydrogen-bond acceptors (Lipinski definition) is 6. The van der Waals surface area contributed by atoms with E-state index in [0.29, 0.717) is 41.3 Å². The van der Waals surface area contributed by atoms with Crippen LogP contribution in [0.25, 0.3) is 16.6 Å². The standard InChI is InChI=1S/C24H20F4N6O2/c1-10-5-17-20(12-3-4-13(24(26,27)28)18(25)21(12)36-17)33(8-10)23(35)14-6-16-15(7-30-14)32-22(29)19-11(2)31-9-34(16)19/h3-4,6-7,9-10,17,20H,5,8H2,1-2H3,(H2,29,32)/t10-,17+,20+/m1/s1. The van der Waals surface area contributed by atoms with Crippen molar-refractivity contribution in [2.24, 2.45) is 5.92 Å². The highest BCUT2D eigenvalue weighted by molar-refractivity contribution is 5.96. The highest BCUT2D eigenvalue weighted by atomic mass is 19.4. The molecule has 1 saturated heterocycles. The summed E-state index contributed by atoms with van der Waals surface area (Å²) in [5.74, 6) is -2.10. The van der Waals surface area contributed by atoms with Crippen molar-refractivity contribution >= 4 is 28.3 Å². The molecule has 2 N–H and O–H groups in total. The van der Waals surface area contributed by atoms with Gasteiger partial charge in [-0.15, -0.1) is 0 Å². The molecule has 0 spiro atoms. The molecule has 186 valence electrons. The number of pyridine rings is 1. The van der Waals surface area contributed by atoms with Crippen LogP contribution >= 0.6 is 0 Å². The molecule has 4 aromatic rings. The Labute approximate surface area is 201 Å². The number of halogens is 4. The highest BCUT2D eigenvalue weighted by Gasteiger charge is 2.48. The number of benzene rings is 1.